The van der Waals surface area contributed by atoms with Crippen LogP contribution in [0.1, 0.15) is 32.3 Å². The Balaban J connectivity index is 2.56. The van der Waals surface area contributed by atoms with Crippen LogP contribution in [0.5, 0.6) is 0 Å². The molecule has 0 unspecified atom stereocenters. The highest BCUT2D eigenvalue weighted by Gasteiger charge is 2.04. The molecule has 0 saturated carbocycles. The van der Waals surface area contributed by atoms with Crippen molar-refractivity contribution in [1.29, 1.82) is 0 Å². The zero-order valence-corrected chi connectivity index (χ0v) is 11.1. The van der Waals surface area contributed by atoms with E-state index in [9.17, 15) is 14.9 Å². The Kier molecular flexibility index (Phi) is 5.73. The van der Waals surface area contributed by atoms with Gasteiger partial charge in [0.25, 0.3) is 5.69 Å². The number of amides is 1. The van der Waals surface area contributed by atoms with E-state index in [-0.39, 0.29) is 17.6 Å². The largest absolute Gasteiger partial charge is 0.350 e. The van der Waals surface area contributed by atoms with Crippen LogP contribution in [0, 0.1) is 10.1 Å². The molecule has 0 bridgehead atoms. The van der Waals surface area contributed by atoms with Gasteiger partial charge in [-0.05, 0) is 37.1 Å². The van der Waals surface area contributed by atoms with Gasteiger partial charge in [-0.3, -0.25) is 14.9 Å². The maximum Gasteiger partial charge on any atom is 0.269 e. The van der Waals surface area contributed by atoms with Crippen LogP contribution in [-0.4, -0.2) is 16.9 Å². The van der Waals surface area contributed by atoms with Crippen molar-refractivity contribution >= 4 is 17.7 Å². The minimum Gasteiger partial charge on any atom is -0.350 e. The normalized spacial score (nSPS) is 12.3. The van der Waals surface area contributed by atoms with Crippen LogP contribution in [0.2, 0.25) is 0 Å². The fourth-order valence-electron chi connectivity index (χ4n) is 1.68. The summed E-state index contributed by atoms with van der Waals surface area (Å²) in [6, 6.07) is 6.20. The maximum absolute atomic E-state index is 11.6. The standard InChI is InChI=1S/C14H18N2O3/c1-3-4-11(2)15-14(17)10-7-12-5-8-13(9-6-12)16(18)19/h5-11H,3-4H2,1-2H3,(H,15,17)/b10-7+/t11-/m1/s1. The van der Waals surface area contributed by atoms with Gasteiger partial charge in [-0.15, -0.1) is 0 Å². The summed E-state index contributed by atoms with van der Waals surface area (Å²) in [6.45, 7) is 4.02. The molecule has 0 aliphatic rings. The van der Waals surface area contributed by atoms with Crippen LogP contribution in [0.4, 0.5) is 5.69 Å². The average molecular weight is 262 g/mol. The van der Waals surface area contributed by atoms with Crippen molar-refractivity contribution in [3.8, 4) is 0 Å². The van der Waals surface area contributed by atoms with E-state index in [2.05, 4.69) is 12.2 Å². The van der Waals surface area contributed by atoms with Crippen molar-refractivity contribution in [2.75, 3.05) is 0 Å². The number of nitro benzene ring substituents is 1. The van der Waals surface area contributed by atoms with Crippen molar-refractivity contribution in [2.45, 2.75) is 32.7 Å². The molecule has 0 spiro atoms. The highest BCUT2D eigenvalue weighted by atomic mass is 16.6. The van der Waals surface area contributed by atoms with Gasteiger partial charge in [0.1, 0.15) is 0 Å². The molecule has 1 aromatic carbocycles. The Hall–Kier alpha value is -2.17. The number of hydrogen-bond donors (Lipinski definition) is 1. The topological polar surface area (TPSA) is 72.2 Å². The van der Waals surface area contributed by atoms with Gasteiger partial charge in [-0.25, -0.2) is 0 Å². The number of nitrogens with one attached hydrogen (secondary N) is 1. The SMILES string of the molecule is CCC[C@@H](C)NC(=O)/C=C/c1ccc([N+](=O)[O-])cc1. The second kappa shape index (κ2) is 7.31. The summed E-state index contributed by atoms with van der Waals surface area (Å²) in [5.74, 6) is -0.153. The second-order valence-corrected chi connectivity index (χ2v) is 4.38. The van der Waals surface area contributed by atoms with Crippen LogP contribution in [0.25, 0.3) is 6.08 Å². The third-order valence-electron chi connectivity index (χ3n) is 2.64. The predicted octanol–water partition coefficient (Wildman–Crippen LogP) is 2.91. The van der Waals surface area contributed by atoms with Crippen molar-refractivity contribution in [3.63, 3.8) is 0 Å². The highest BCUT2D eigenvalue weighted by molar-refractivity contribution is 5.91. The Morgan fingerprint density at radius 1 is 1.42 bits per heavy atom. The number of hydrogen-bond acceptors (Lipinski definition) is 3. The molecule has 0 fully saturated rings. The van der Waals surface area contributed by atoms with Gasteiger partial charge in [0.15, 0.2) is 0 Å². The first kappa shape index (κ1) is 14.9. The predicted molar refractivity (Wildman–Crippen MR) is 74.6 cm³/mol. The summed E-state index contributed by atoms with van der Waals surface area (Å²) in [7, 11) is 0. The molecule has 102 valence electrons. The molecule has 1 rings (SSSR count). The van der Waals surface area contributed by atoms with Crippen LogP contribution < -0.4 is 5.32 Å². The Morgan fingerprint density at radius 3 is 2.58 bits per heavy atom. The second-order valence-electron chi connectivity index (χ2n) is 4.38. The Bertz CT molecular complexity index is 466. The molecular weight excluding hydrogens is 244 g/mol. The van der Waals surface area contributed by atoms with Gasteiger partial charge >= 0.3 is 0 Å². The Morgan fingerprint density at radius 2 is 2.05 bits per heavy atom. The minimum absolute atomic E-state index is 0.0400. The summed E-state index contributed by atoms with van der Waals surface area (Å²) in [6.07, 6.45) is 5.04. The lowest BCUT2D eigenvalue weighted by atomic mass is 10.2. The van der Waals surface area contributed by atoms with E-state index in [1.54, 1.807) is 18.2 Å². The summed E-state index contributed by atoms with van der Waals surface area (Å²) in [5.41, 5.74) is 0.794. The summed E-state index contributed by atoms with van der Waals surface area (Å²) in [5, 5.41) is 13.3. The van der Waals surface area contributed by atoms with Crippen molar-refractivity contribution in [2.24, 2.45) is 0 Å². The number of nitrogens with zero attached hydrogens (tertiary/aromatic N) is 1. The third-order valence-corrected chi connectivity index (χ3v) is 2.64. The van der Waals surface area contributed by atoms with Gasteiger partial charge < -0.3 is 5.32 Å². The molecule has 0 aliphatic carbocycles. The molecule has 1 amide bonds. The van der Waals surface area contributed by atoms with Crippen LogP contribution in [-0.2, 0) is 4.79 Å². The first-order valence-corrected chi connectivity index (χ1v) is 6.26. The number of nitro groups is 1. The van der Waals surface area contributed by atoms with Crippen LogP contribution in [0.15, 0.2) is 30.3 Å². The van der Waals surface area contributed by atoms with Gasteiger partial charge in [-0.2, -0.15) is 0 Å². The molecule has 5 heteroatoms. The van der Waals surface area contributed by atoms with Gasteiger partial charge in [0.2, 0.25) is 5.91 Å². The number of rotatable bonds is 6. The van der Waals surface area contributed by atoms with E-state index >= 15 is 0 Å². The maximum atomic E-state index is 11.6. The summed E-state index contributed by atoms with van der Waals surface area (Å²) < 4.78 is 0. The monoisotopic (exact) mass is 262 g/mol. The third kappa shape index (κ3) is 5.33. The van der Waals surface area contributed by atoms with Gasteiger partial charge in [0, 0.05) is 24.3 Å². The van der Waals surface area contributed by atoms with Crippen molar-refractivity contribution in [3.05, 3.63) is 46.0 Å². The number of benzene rings is 1. The lowest BCUT2D eigenvalue weighted by Gasteiger charge is -2.10. The molecule has 1 atom stereocenters. The zero-order chi connectivity index (χ0) is 14.3. The number of carbonyl (C=O) groups is 1. The fourth-order valence-corrected chi connectivity index (χ4v) is 1.68. The molecule has 1 aromatic rings. The average Bonchev–Trinajstić information content (AvgIpc) is 2.37. The number of carbonyl (C=O) groups excluding carboxylic acids is 1. The molecule has 0 aromatic heterocycles. The van der Waals surface area contributed by atoms with Crippen LogP contribution >= 0.6 is 0 Å². The van der Waals surface area contributed by atoms with Crippen molar-refractivity contribution < 1.29 is 9.72 Å². The molecule has 0 heterocycles. The smallest absolute Gasteiger partial charge is 0.269 e. The van der Waals surface area contributed by atoms with Gasteiger partial charge in [-0.1, -0.05) is 13.3 Å². The summed E-state index contributed by atoms with van der Waals surface area (Å²) >= 11 is 0. The van der Waals surface area contributed by atoms with E-state index in [1.165, 1.54) is 18.2 Å². The summed E-state index contributed by atoms with van der Waals surface area (Å²) in [4.78, 5) is 21.6. The molecule has 0 aliphatic heterocycles. The zero-order valence-electron chi connectivity index (χ0n) is 11.1. The quantitative estimate of drug-likeness (QED) is 0.486. The van der Waals surface area contributed by atoms with E-state index in [0.29, 0.717) is 0 Å². The molecule has 0 radical (unpaired) electrons. The van der Waals surface area contributed by atoms with Crippen molar-refractivity contribution in [1.82, 2.24) is 5.32 Å². The molecular formula is C14H18N2O3. The highest BCUT2D eigenvalue weighted by Crippen LogP contribution is 2.12. The van der Waals surface area contributed by atoms with Gasteiger partial charge in [0.05, 0.1) is 4.92 Å². The lowest BCUT2D eigenvalue weighted by Crippen LogP contribution is -2.30. The van der Waals surface area contributed by atoms with E-state index < -0.39 is 4.92 Å². The first-order chi connectivity index (χ1) is 9.02. The molecule has 1 N–H and O–H groups in total. The Labute approximate surface area is 112 Å². The fraction of sp³-hybridized carbons (Fsp3) is 0.357. The van der Waals surface area contributed by atoms with E-state index in [4.69, 9.17) is 0 Å². The minimum atomic E-state index is -0.452. The molecule has 0 saturated heterocycles. The first-order valence-electron chi connectivity index (χ1n) is 6.26. The molecule has 19 heavy (non-hydrogen) atoms. The number of non-ortho nitro benzene ring substituents is 1. The van der Waals surface area contributed by atoms with E-state index in [0.717, 1.165) is 18.4 Å². The lowest BCUT2D eigenvalue weighted by molar-refractivity contribution is -0.384. The van der Waals surface area contributed by atoms with E-state index in [1.807, 2.05) is 6.92 Å². The molecule has 5 nitrogen and oxygen atoms in total. The van der Waals surface area contributed by atoms with Crippen LogP contribution in [0.3, 0.4) is 0 Å².